The summed E-state index contributed by atoms with van der Waals surface area (Å²) in [5, 5.41) is 7.29. The summed E-state index contributed by atoms with van der Waals surface area (Å²) in [5.41, 5.74) is 1.55. The zero-order valence-electron chi connectivity index (χ0n) is 15.6. The molecule has 0 aliphatic carbocycles. The van der Waals surface area contributed by atoms with Crippen LogP contribution in [-0.4, -0.2) is 60.3 Å². The van der Waals surface area contributed by atoms with Crippen molar-refractivity contribution in [2.24, 2.45) is 12.0 Å². The number of hydrogen-bond donors (Lipinski definition) is 1. The third-order valence-electron chi connectivity index (χ3n) is 4.40. The average Bonchev–Trinajstić information content (AvgIpc) is 3.08. The van der Waals surface area contributed by atoms with Crippen molar-refractivity contribution in [2.45, 2.75) is 6.54 Å². The predicted molar refractivity (Wildman–Crippen MR) is 100 cm³/mol. The first-order valence-corrected chi connectivity index (χ1v) is 8.59. The third-order valence-corrected chi connectivity index (χ3v) is 4.40. The molecule has 27 heavy (non-hydrogen) atoms. The molecule has 3 rings (SSSR count). The Kier molecular flexibility index (Phi) is 5.58. The van der Waals surface area contributed by atoms with Gasteiger partial charge in [0, 0.05) is 39.9 Å². The Morgan fingerprint density at radius 1 is 1.41 bits per heavy atom. The Morgan fingerprint density at radius 2 is 2.22 bits per heavy atom. The van der Waals surface area contributed by atoms with Crippen LogP contribution in [0.15, 0.2) is 35.6 Å². The van der Waals surface area contributed by atoms with E-state index in [0.29, 0.717) is 25.6 Å². The van der Waals surface area contributed by atoms with Gasteiger partial charge in [0.15, 0.2) is 17.5 Å². The van der Waals surface area contributed by atoms with Gasteiger partial charge >= 0.3 is 0 Å². The molecule has 9 heteroatoms. The molecular formula is C18H23FN6O2. The maximum Gasteiger partial charge on any atom is 0.246 e. The van der Waals surface area contributed by atoms with Gasteiger partial charge in [0.2, 0.25) is 5.91 Å². The molecule has 2 heterocycles. The number of amides is 1. The first-order chi connectivity index (χ1) is 13.0. The lowest BCUT2D eigenvalue weighted by Crippen LogP contribution is -2.55. The number of anilines is 1. The van der Waals surface area contributed by atoms with E-state index in [1.807, 2.05) is 18.1 Å². The van der Waals surface area contributed by atoms with E-state index in [0.717, 1.165) is 11.3 Å². The Hall–Kier alpha value is -3.10. The molecule has 1 saturated heterocycles. The predicted octanol–water partition coefficient (Wildman–Crippen LogP) is 0.992. The number of aliphatic imine (C=N–C) groups is 1. The van der Waals surface area contributed by atoms with Crippen LogP contribution < -0.4 is 15.0 Å². The SMILES string of the molecule is CN=C(NCc1ccc(OC)c(F)c1)N1CCN(c2cnn(C)c2)C(=O)C1. The van der Waals surface area contributed by atoms with Crippen LogP contribution in [0.5, 0.6) is 5.75 Å². The van der Waals surface area contributed by atoms with Crippen molar-refractivity contribution in [3.63, 3.8) is 0 Å². The van der Waals surface area contributed by atoms with Gasteiger partial charge in [-0.05, 0) is 17.7 Å². The van der Waals surface area contributed by atoms with Gasteiger partial charge in [-0.2, -0.15) is 5.10 Å². The van der Waals surface area contributed by atoms with Gasteiger partial charge in [-0.25, -0.2) is 4.39 Å². The summed E-state index contributed by atoms with van der Waals surface area (Å²) in [6.45, 7) is 1.79. The van der Waals surface area contributed by atoms with E-state index in [4.69, 9.17) is 4.74 Å². The van der Waals surface area contributed by atoms with E-state index in [2.05, 4.69) is 15.4 Å². The fraction of sp³-hybridized carbons (Fsp3) is 0.389. The third kappa shape index (κ3) is 4.18. The van der Waals surface area contributed by atoms with Crippen molar-refractivity contribution in [1.29, 1.82) is 0 Å². The molecule has 144 valence electrons. The number of nitrogens with one attached hydrogen (secondary N) is 1. The van der Waals surface area contributed by atoms with E-state index >= 15 is 0 Å². The molecule has 1 aliphatic heterocycles. The number of piperazine rings is 1. The summed E-state index contributed by atoms with van der Waals surface area (Å²) in [6, 6.07) is 4.80. The molecule has 2 aromatic rings. The number of aromatic nitrogens is 2. The maximum atomic E-state index is 13.8. The van der Waals surface area contributed by atoms with Crippen LogP contribution in [0.25, 0.3) is 0 Å². The molecule has 1 N–H and O–H groups in total. The number of guanidine groups is 1. The van der Waals surface area contributed by atoms with Gasteiger partial charge in [0.1, 0.15) is 6.54 Å². The van der Waals surface area contributed by atoms with Crippen molar-refractivity contribution in [1.82, 2.24) is 20.0 Å². The van der Waals surface area contributed by atoms with Gasteiger partial charge in [-0.1, -0.05) is 6.07 Å². The number of methoxy groups -OCH3 is 1. The van der Waals surface area contributed by atoms with Gasteiger partial charge in [0.05, 0.1) is 19.0 Å². The normalized spacial score (nSPS) is 15.3. The van der Waals surface area contributed by atoms with E-state index in [1.54, 1.807) is 35.0 Å². The number of rotatable bonds is 4. The zero-order valence-corrected chi connectivity index (χ0v) is 15.6. The minimum atomic E-state index is -0.410. The monoisotopic (exact) mass is 374 g/mol. The van der Waals surface area contributed by atoms with Crippen molar-refractivity contribution < 1.29 is 13.9 Å². The van der Waals surface area contributed by atoms with Gasteiger partial charge in [-0.3, -0.25) is 14.5 Å². The lowest BCUT2D eigenvalue weighted by molar-refractivity contribution is -0.120. The first-order valence-electron chi connectivity index (χ1n) is 8.59. The number of carbonyl (C=O) groups excluding carboxylic acids is 1. The highest BCUT2D eigenvalue weighted by molar-refractivity contribution is 5.98. The molecule has 0 atom stereocenters. The van der Waals surface area contributed by atoms with Crippen LogP contribution in [0.2, 0.25) is 0 Å². The Morgan fingerprint density at radius 3 is 2.81 bits per heavy atom. The lowest BCUT2D eigenvalue weighted by atomic mass is 10.2. The van der Waals surface area contributed by atoms with Crippen LogP contribution >= 0.6 is 0 Å². The molecule has 1 amide bonds. The smallest absolute Gasteiger partial charge is 0.246 e. The number of benzene rings is 1. The molecule has 0 bridgehead atoms. The highest BCUT2D eigenvalue weighted by Crippen LogP contribution is 2.18. The number of halogens is 1. The van der Waals surface area contributed by atoms with Gasteiger partial charge in [-0.15, -0.1) is 0 Å². The van der Waals surface area contributed by atoms with Crippen LogP contribution in [0.4, 0.5) is 10.1 Å². The van der Waals surface area contributed by atoms with Crippen LogP contribution in [0, 0.1) is 5.82 Å². The Labute approximate surface area is 157 Å². The minimum Gasteiger partial charge on any atom is -0.494 e. The molecule has 1 aliphatic rings. The summed E-state index contributed by atoms with van der Waals surface area (Å²) in [5.74, 6) is 0.380. The molecule has 0 spiro atoms. The van der Waals surface area contributed by atoms with Crippen LogP contribution in [0.3, 0.4) is 0 Å². The molecular weight excluding hydrogens is 351 g/mol. The Bertz CT molecular complexity index is 850. The number of aryl methyl sites for hydroxylation is 1. The first kappa shape index (κ1) is 18.7. The highest BCUT2D eigenvalue weighted by atomic mass is 19.1. The number of hydrogen-bond acceptors (Lipinski definition) is 4. The van der Waals surface area contributed by atoms with Gasteiger partial charge in [0.25, 0.3) is 0 Å². The summed E-state index contributed by atoms with van der Waals surface area (Å²) in [6.07, 6.45) is 3.50. The molecule has 1 fully saturated rings. The summed E-state index contributed by atoms with van der Waals surface area (Å²) in [4.78, 5) is 20.4. The lowest BCUT2D eigenvalue weighted by Gasteiger charge is -2.35. The minimum absolute atomic E-state index is 0.0207. The quantitative estimate of drug-likeness (QED) is 0.638. The summed E-state index contributed by atoms with van der Waals surface area (Å²) >= 11 is 0. The fourth-order valence-corrected chi connectivity index (χ4v) is 3.01. The highest BCUT2D eigenvalue weighted by Gasteiger charge is 2.27. The summed E-state index contributed by atoms with van der Waals surface area (Å²) < 4.78 is 20.4. The second kappa shape index (κ2) is 8.07. The Balaban J connectivity index is 1.60. The fourth-order valence-electron chi connectivity index (χ4n) is 3.01. The van der Waals surface area contributed by atoms with E-state index < -0.39 is 5.82 Å². The van der Waals surface area contributed by atoms with E-state index in [1.165, 1.54) is 13.2 Å². The van der Waals surface area contributed by atoms with Gasteiger partial charge < -0.3 is 19.9 Å². The number of ether oxygens (including phenoxy) is 1. The van der Waals surface area contributed by atoms with Crippen molar-refractivity contribution >= 4 is 17.6 Å². The van der Waals surface area contributed by atoms with Crippen LogP contribution in [0.1, 0.15) is 5.56 Å². The second-order valence-electron chi connectivity index (χ2n) is 6.21. The standard InChI is InChI=1S/C18H23FN6O2/c1-20-18(21-9-13-4-5-16(27-3)15(19)8-13)24-6-7-25(17(26)12-24)14-10-22-23(2)11-14/h4-5,8,10-11H,6-7,9,12H2,1-3H3,(H,20,21). The molecule has 8 nitrogen and oxygen atoms in total. The van der Waals surface area contributed by atoms with Crippen molar-refractivity contribution in [3.8, 4) is 5.75 Å². The van der Waals surface area contributed by atoms with Crippen LogP contribution in [-0.2, 0) is 18.4 Å². The topological polar surface area (TPSA) is 75.0 Å². The van der Waals surface area contributed by atoms with Crippen molar-refractivity contribution in [3.05, 3.63) is 42.0 Å². The molecule has 0 radical (unpaired) electrons. The number of nitrogens with zero attached hydrogens (tertiary/aromatic N) is 5. The second-order valence-corrected chi connectivity index (χ2v) is 6.21. The van der Waals surface area contributed by atoms with Crippen molar-refractivity contribution in [2.75, 3.05) is 38.7 Å². The summed E-state index contributed by atoms with van der Waals surface area (Å²) in [7, 11) is 4.91. The van der Waals surface area contributed by atoms with E-state index in [-0.39, 0.29) is 18.2 Å². The molecule has 1 aromatic heterocycles. The molecule has 0 saturated carbocycles. The number of carbonyl (C=O) groups is 1. The largest absolute Gasteiger partial charge is 0.494 e. The molecule has 1 aromatic carbocycles. The zero-order chi connectivity index (χ0) is 19.4. The average molecular weight is 374 g/mol. The molecule has 0 unspecified atom stereocenters. The maximum absolute atomic E-state index is 13.8. The van der Waals surface area contributed by atoms with E-state index in [9.17, 15) is 9.18 Å².